The highest BCUT2D eigenvalue weighted by atomic mass is 16.2. The lowest BCUT2D eigenvalue weighted by atomic mass is 9.76. The van der Waals surface area contributed by atoms with Crippen LogP contribution in [-0.4, -0.2) is 95.6 Å². The first kappa shape index (κ1) is 39.1. The Bertz CT molecular complexity index is 1490. The third-order valence-corrected chi connectivity index (χ3v) is 11.1. The zero-order chi connectivity index (χ0) is 37.0. The number of benzene rings is 2. The van der Waals surface area contributed by atoms with Gasteiger partial charge in [-0.25, -0.2) is 0 Å². The van der Waals surface area contributed by atoms with Crippen molar-refractivity contribution in [2.75, 3.05) is 26.2 Å². The molecule has 4 amide bonds. The molecule has 12 heteroatoms. The van der Waals surface area contributed by atoms with Gasteiger partial charge in [-0.15, -0.1) is 0 Å². The summed E-state index contributed by atoms with van der Waals surface area (Å²) in [6, 6.07) is 16.5. The van der Waals surface area contributed by atoms with Crippen LogP contribution in [0.2, 0.25) is 0 Å². The van der Waals surface area contributed by atoms with E-state index in [9.17, 15) is 24.0 Å². The lowest BCUT2D eigenvalue weighted by Crippen LogP contribution is -2.72. The minimum absolute atomic E-state index is 0.0170. The molecule has 5 rings (SSSR count). The minimum atomic E-state index is -0.874. The number of rotatable bonds is 19. The summed E-state index contributed by atoms with van der Waals surface area (Å²) in [5.41, 5.74) is 19.4. The maximum absolute atomic E-state index is 14.4. The normalized spacial score (nSPS) is 21.2. The Labute approximate surface area is 307 Å². The monoisotopic (exact) mass is 715 g/mol. The van der Waals surface area contributed by atoms with Gasteiger partial charge in [0.15, 0.2) is 5.78 Å². The highest BCUT2D eigenvalue weighted by molar-refractivity contribution is 5.95. The molecule has 3 aliphatic rings. The summed E-state index contributed by atoms with van der Waals surface area (Å²) < 4.78 is 0. The number of nitrogens with zero attached hydrogens (tertiary/aromatic N) is 2. The molecule has 6 atom stereocenters. The Kier molecular flexibility index (Phi) is 14.4. The van der Waals surface area contributed by atoms with E-state index in [2.05, 4.69) is 10.6 Å². The first-order chi connectivity index (χ1) is 25.1. The van der Waals surface area contributed by atoms with Crippen LogP contribution in [-0.2, 0) is 36.8 Å². The molecule has 2 bridgehead atoms. The van der Waals surface area contributed by atoms with Gasteiger partial charge in [0.05, 0.1) is 18.6 Å². The summed E-state index contributed by atoms with van der Waals surface area (Å²) in [6.07, 6.45) is 7.90. The van der Waals surface area contributed by atoms with Crippen molar-refractivity contribution in [3.05, 3.63) is 71.8 Å². The summed E-state index contributed by atoms with van der Waals surface area (Å²) in [5, 5.41) is 6.06. The number of nitrogens with two attached hydrogens (primary N) is 3. The van der Waals surface area contributed by atoms with Crippen molar-refractivity contribution in [2.45, 2.75) is 107 Å². The summed E-state index contributed by atoms with van der Waals surface area (Å²) in [5.74, 6) is -2.12. The predicted octanol–water partition coefficient (Wildman–Crippen LogP) is 1.82. The third kappa shape index (κ3) is 10.7. The number of primary amides is 1. The molecule has 2 aromatic carbocycles. The number of Topliss-reactive ketones (excluding diaryl/α,β-unsaturated/α-hetero) is 1. The molecule has 0 aromatic heterocycles. The van der Waals surface area contributed by atoms with Gasteiger partial charge in [0.1, 0.15) is 6.04 Å². The van der Waals surface area contributed by atoms with Crippen LogP contribution in [0.1, 0.15) is 75.3 Å². The van der Waals surface area contributed by atoms with E-state index in [1.54, 1.807) is 0 Å². The molecule has 1 saturated carbocycles. The molecular formula is C40H57N7O5. The standard InChI is InChI=1S/C40H57N7O5/c41-19-11-10-18-34(40(52)47-30-22-31(47)25-46(24-30)26-37(43)49)44-38(50)32(29-16-8-3-9-17-29)23-36(48)35(21-28-14-6-2-7-15-28)45-39(51)33(42)20-27-12-4-1-5-13-27/h1-2,4-7,12-15,29-35H,3,8-11,16-26,41-42H2,(H2,43,49)(H,44,50)(H,45,51). The van der Waals surface area contributed by atoms with Gasteiger partial charge in [-0.3, -0.25) is 28.9 Å². The Morgan fingerprint density at radius 1 is 0.769 bits per heavy atom. The van der Waals surface area contributed by atoms with Gasteiger partial charge in [-0.05, 0) is 75.0 Å². The molecular weight excluding hydrogens is 658 g/mol. The topological polar surface area (TPSA) is 194 Å². The Morgan fingerprint density at radius 3 is 1.96 bits per heavy atom. The predicted molar refractivity (Wildman–Crippen MR) is 199 cm³/mol. The van der Waals surface area contributed by atoms with Gasteiger partial charge in [0, 0.05) is 37.5 Å². The number of carbonyl (C=O) groups is 5. The number of ketones is 1. The fraction of sp³-hybridized carbons (Fsp3) is 0.575. The van der Waals surface area contributed by atoms with E-state index in [-0.39, 0.29) is 55.0 Å². The molecule has 0 radical (unpaired) electrons. The molecule has 1 aliphatic carbocycles. The van der Waals surface area contributed by atoms with Crippen LogP contribution in [0, 0.1) is 11.8 Å². The number of unbranched alkanes of at least 4 members (excludes halogenated alkanes) is 1. The summed E-state index contributed by atoms with van der Waals surface area (Å²) in [7, 11) is 0. The van der Waals surface area contributed by atoms with E-state index >= 15 is 0 Å². The molecule has 2 aromatic rings. The van der Waals surface area contributed by atoms with Crippen LogP contribution >= 0.6 is 0 Å². The molecule has 12 nitrogen and oxygen atoms in total. The molecule has 52 heavy (non-hydrogen) atoms. The molecule has 8 N–H and O–H groups in total. The lowest BCUT2D eigenvalue weighted by molar-refractivity contribution is -0.158. The number of fused-ring (bicyclic) bond motifs is 2. The average molecular weight is 716 g/mol. The number of nitrogens with one attached hydrogen (secondary N) is 2. The third-order valence-electron chi connectivity index (χ3n) is 11.1. The molecule has 282 valence electrons. The summed E-state index contributed by atoms with van der Waals surface area (Å²) in [6.45, 7) is 1.77. The molecule has 2 aliphatic heterocycles. The number of carbonyl (C=O) groups excluding carboxylic acids is 5. The van der Waals surface area contributed by atoms with Crippen molar-refractivity contribution < 1.29 is 24.0 Å². The molecule has 0 spiro atoms. The van der Waals surface area contributed by atoms with Crippen molar-refractivity contribution in [1.82, 2.24) is 20.4 Å². The van der Waals surface area contributed by atoms with Gasteiger partial charge in [0.25, 0.3) is 0 Å². The van der Waals surface area contributed by atoms with Crippen molar-refractivity contribution in [1.29, 1.82) is 0 Å². The zero-order valence-corrected chi connectivity index (χ0v) is 30.3. The van der Waals surface area contributed by atoms with Crippen LogP contribution in [0.3, 0.4) is 0 Å². The fourth-order valence-corrected chi connectivity index (χ4v) is 8.32. The van der Waals surface area contributed by atoms with Gasteiger partial charge in [-0.1, -0.05) is 79.9 Å². The van der Waals surface area contributed by atoms with E-state index in [1.165, 1.54) is 0 Å². The number of amides is 4. The summed E-state index contributed by atoms with van der Waals surface area (Å²) >= 11 is 0. The van der Waals surface area contributed by atoms with E-state index in [1.807, 2.05) is 70.5 Å². The molecule has 6 unspecified atom stereocenters. The van der Waals surface area contributed by atoms with E-state index in [4.69, 9.17) is 17.2 Å². The molecule has 2 heterocycles. The highest BCUT2D eigenvalue weighted by Crippen LogP contribution is 2.35. The van der Waals surface area contributed by atoms with E-state index in [0.717, 1.165) is 56.1 Å². The van der Waals surface area contributed by atoms with Gasteiger partial charge < -0.3 is 32.7 Å². The molecule has 2 saturated heterocycles. The maximum atomic E-state index is 14.4. The van der Waals surface area contributed by atoms with Crippen LogP contribution in [0.4, 0.5) is 0 Å². The Morgan fingerprint density at radius 2 is 1.37 bits per heavy atom. The van der Waals surface area contributed by atoms with Crippen LogP contribution in [0.15, 0.2) is 60.7 Å². The number of piperazine rings is 1. The second kappa shape index (κ2) is 19.1. The second-order valence-corrected chi connectivity index (χ2v) is 15.0. The average Bonchev–Trinajstić information content (AvgIpc) is 3.13. The van der Waals surface area contributed by atoms with Gasteiger partial charge >= 0.3 is 0 Å². The fourth-order valence-electron chi connectivity index (χ4n) is 8.32. The Hall–Kier alpha value is -4.13. The largest absolute Gasteiger partial charge is 0.369 e. The first-order valence-corrected chi connectivity index (χ1v) is 19.1. The lowest BCUT2D eigenvalue weighted by Gasteiger charge is -2.57. The number of likely N-dealkylation sites (tertiary alicyclic amines) is 2. The summed E-state index contributed by atoms with van der Waals surface area (Å²) in [4.78, 5) is 71.6. The molecule has 3 fully saturated rings. The van der Waals surface area contributed by atoms with Gasteiger partial charge in [0.2, 0.25) is 23.6 Å². The van der Waals surface area contributed by atoms with Crippen molar-refractivity contribution in [3.8, 4) is 0 Å². The smallest absolute Gasteiger partial charge is 0.245 e. The number of hydrogen-bond donors (Lipinski definition) is 5. The minimum Gasteiger partial charge on any atom is -0.369 e. The zero-order valence-electron chi connectivity index (χ0n) is 30.3. The van der Waals surface area contributed by atoms with Crippen molar-refractivity contribution >= 4 is 29.4 Å². The van der Waals surface area contributed by atoms with Crippen LogP contribution in [0.25, 0.3) is 0 Å². The number of piperidine rings is 1. The van der Waals surface area contributed by atoms with Crippen LogP contribution in [0.5, 0.6) is 0 Å². The van der Waals surface area contributed by atoms with Crippen molar-refractivity contribution in [2.24, 2.45) is 29.0 Å². The SMILES string of the molecule is NCCCCC(NC(=O)C(CC(=O)C(Cc1ccccc1)NC(=O)C(N)Cc1ccccc1)C1CCCCC1)C(=O)N1C2CC1CN(CC(N)=O)C2. The van der Waals surface area contributed by atoms with Crippen LogP contribution < -0.4 is 27.8 Å². The highest BCUT2D eigenvalue weighted by Gasteiger charge is 2.49. The van der Waals surface area contributed by atoms with E-state index in [0.29, 0.717) is 38.9 Å². The Balaban J connectivity index is 1.31. The van der Waals surface area contributed by atoms with Crippen molar-refractivity contribution in [3.63, 3.8) is 0 Å². The quantitative estimate of drug-likeness (QED) is 0.136. The number of hydrogen-bond acceptors (Lipinski definition) is 8. The van der Waals surface area contributed by atoms with E-state index < -0.39 is 35.9 Å². The van der Waals surface area contributed by atoms with Gasteiger partial charge in [-0.2, -0.15) is 0 Å². The second-order valence-electron chi connectivity index (χ2n) is 15.0. The first-order valence-electron chi connectivity index (χ1n) is 19.1. The maximum Gasteiger partial charge on any atom is 0.245 e.